The molecule has 17 heteroatoms. The van der Waals surface area contributed by atoms with Crippen LogP contribution in [0.4, 0.5) is 0 Å². The minimum Gasteiger partial charge on any atom is -0.294 e. The highest BCUT2D eigenvalue weighted by atomic mass is 79.9. The molecule has 21 rings (SSSR count). The van der Waals surface area contributed by atoms with Gasteiger partial charge in [-0.2, -0.15) is 0 Å². The molecule has 21 aromatic rings. The molecule has 0 N–H and O–H groups in total. The van der Waals surface area contributed by atoms with Gasteiger partial charge in [-0.25, -0.2) is 34.9 Å². The quantitative estimate of drug-likeness (QED) is 0.115. The highest BCUT2D eigenvalue weighted by Crippen LogP contribution is 2.40. The average Bonchev–Trinajstić information content (AvgIpc) is 1.59. The molecule has 0 aliphatic rings. The SMILES string of the molecule is Brc1ccc2c(c1)c1cccnc1n2-c1ccc(-c2cc(-c3ccccn3)cc(-c3ccccn3)c2)cc1.Brc1ccc2c(c1)c1cccnc1n2-c1ccc(-c2cc(-c3ccccn3)nc(-c3ccccn3)c2)cc1.Brc1ccc2c(c1)c1cccnc1n2-c1ccc(-c2nc(-c3ccccc3)nc(-c3ccccc3)n2)cc1. The van der Waals surface area contributed by atoms with E-state index in [-0.39, 0.29) is 0 Å². The van der Waals surface area contributed by atoms with Crippen LogP contribution in [0.2, 0.25) is 0 Å². The second-order valence-corrected chi connectivity index (χ2v) is 29.8. The number of pyridine rings is 8. The Balaban J connectivity index is 0.000000115. The summed E-state index contributed by atoms with van der Waals surface area (Å²) in [6.45, 7) is 0. The number of nitrogens with zero attached hydrogens (tertiary/aromatic N) is 14. The maximum atomic E-state index is 4.89. The Morgan fingerprint density at radius 3 is 0.825 bits per heavy atom. The van der Waals surface area contributed by atoms with Gasteiger partial charge in [0.15, 0.2) is 17.5 Å². The number of rotatable bonds is 12. The van der Waals surface area contributed by atoms with E-state index in [9.17, 15) is 0 Å². The summed E-state index contributed by atoms with van der Waals surface area (Å²) in [6, 6.07) is 111. The van der Waals surface area contributed by atoms with Crippen LogP contribution in [0.15, 0.2) is 384 Å². The first-order valence-electron chi connectivity index (χ1n) is 36.9. The van der Waals surface area contributed by atoms with Crippen molar-refractivity contribution in [3.05, 3.63) is 384 Å². The Kier molecular flexibility index (Phi) is 19.2. The topological polar surface area (TPSA) is 157 Å². The number of aromatic nitrogens is 14. The van der Waals surface area contributed by atoms with Crippen LogP contribution in [-0.2, 0) is 0 Å². The highest BCUT2D eigenvalue weighted by Gasteiger charge is 2.21. The second kappa shape index (κ2) is 31.1. The molecule has 9 aromatic carbocycles. The first-order valence-corrected chi connectivity index (χ1v) is 39.3. The molecule has 114 heavy (non-hydrogen) atoms. The van der Waals surface area contributed by atoms with Crippen LogP contribution in [0.5, 0.6) is 0 Å². The average molecular weight is 1660 g/mol. The summed E-state index contributed by atoms with van der Waals surface area (Å²) in [6.07, 6.45) is 12.8. The summed E-state index contributed by atoms with van der Waals surface area (Å²) in [4.78, 5) is 51.8. The largest absolute Gasteiger partial charge is 0.294 e. The minimum atomic E-state index is 0.633. The van der Waals surface area contributed by atoms with Crippen molar-refractivity contribution in [1.82, 2.24) is 68.5 Å². The molecule has 0 amide bonds. The summed E-state index contributed by atoms with van der Waals surface area (Å²) in [5, 5.41) is 6.88. The number of halogens is 3. The van der Waals surface area contributed by atoms with Crippen molar-refractivity contribution in [2.24, 2.45) is 0 Å². The van der Waals surface area contributed by atoms with Crippen LogP contribution in [0.25, 0.3) is 185 Å². The normalized spacial score (nSPS) is 11.3. The molecule has 0 fully saturated rings. The number of hydrogen-bond donors (Lipinski definition) is 0. The van der Waals surface area contributed by atoms with Crippen LogP contribution in [0.3, 0.4) is 0 Å². The van der Waals surface area contributed by atoms with Crippen LogP contribution >= 0.6 is 47.8 Å². The molecule has 0 unspecified atom stereocenters. The van der Waals surface area contributed by atoms with Gasteiger partial charge in [0.2, 0.25) is 0 Å². The third-order valence-electron chi connectivity index (χ3n) is 20.0. The van der Waals surface area contributed by atoms with Crippen molar-refractivity contribution in [3.63, 3.8) is 0 Å². The molecular formula is C97H61Br3N14. The minimum absolute atomic E-state index is 0.633. The third-order valence-corrected chi connectivity index (χ3v) is 21.5. The zero-order valence-electron chi connectivity index (χ0n) is 60.6. The van der Waals surface area contributed by atoms with Crippen molar-refractivity contribution in [2.45, 2.75) is 0 Å². The predicted molar refractivity (Wildman–Crippen MR) is 470 cm³/mol. The first-order chi connectivity index (χ1) is 56.2. The van der Waals surface area contributed by atoms with Crippen molar-refractivity contribution < 1.29 is 0 Å². The Bertz CT molecular complexity index is 6250. The van der Waals surface area contributed by atoms with Gasteiger partial charge in [-0.05, 0) is 241 Å². The van der Waals surface area contributed by atoms with Crippen molar-refractivity contribution in [1.29, 1.82) is 0 Å². The molecule has 0 saturated carbocycles. The molecule has 0 spiro atoms. The summed E-state index contributed by atoms with van der Waals surface area (Å²) < 4.78 is 9.78. The molecule has 12 heterocycles. The Morgan fingerprint density at radius 1 is 0.184 bits per heavy atom. The Morgan fingerprint density at radius 2 is 0.482 bits per heavy atom. The summed E-state index contributed by atoms with van der Waals surface area (Å²) in [5.41, 5.74) is 23.8. The fraction of sp³-hybridized carbons (Fsp3) is 0. The standard InChI is InChI=1S/C33H21BrN4.2C32H20BrN5/c34-26-11-14-32-29(21-26)28-6-5-17-37-33(28)38(32)27-12-9-22(10-13-27)23-18-24(30-7-1-3-15-35-30)20-25(19-23)31-8-2-4-16-36-31;33-23-11-14-31-26(20-23)25-6-5-17-36-32(25)38(31)24-12-9-21(10-13-24)22-18-29(27-7-1-3-15-34-27)37-30(19-22)28-8-2-4-16-35-28;33-24-15-18-28-27(20-24)26-12-7-19-34-32(26)38(28)25-16-13-23(14-17-25)31-36-29(21-8-3-1-4-9-21)35-30(37-31)22-10-5-2-6-11-22/h1-21H;2*1-20H. The van der Waals surface area contributed by atoms with E-state index in [0.717, 1.165) is 170 Å². The zero-order valence-corrected chi connectivity index (χ0v) is 65.4. The molecule has 0 atom stereocenters. The Hall–Kier alpha value is -14.0. The van der Waals surface area contributed by atoms with Gasteiger partial charge >= 0.3 is 0 Å². The van der Waals surface area contributed by atoms with Crippen molar-refractivity contribution >= 4 is 114 Å². The van der Waals surface area contributed by atoms with Crippen molar-refractivity contribution in [2.75, 3.05) is 0 Å². The monoisotopic (exact) mass is 1660 g/mol. The lowest BCUT2D eigenvalue weighted by Gasteiger charge is -2.12. The smallest absolute Gasteiger partial charge is 0.164 e. The second-order valence-electron chi connectivity index (χ2n) is 27.1. The summed E-state index contributed by atoms with van der Waals surface area (Å²) in [5.74, 6) is 1.93. The molecule has 0 aliphatic heterocycles. The lowest BCUT2D eigenvalue weighted by molar-refractivity contribution is 1.07. The first kappa shape index (κ1) is 70.4. The van der Waals surface area contributed by atoms with E-state index in [4.69, 9.17) is 34.9 Å². The van der Waals surface area contributed by atoms with E-state index < -0.39 is 0 Å². The van der Waals surface area contributed by atoms with E-state index >= 15 is 0 Å². The zero-order chi connectivity index (χ0) is 76.4. The number of benzene rings is 9. The fourth-order valence-electron chi connectivity index (χ4n) is 14.7. The maximum absolute atomic E-state index is 4.89. The summed E-state index contributed by atoms with van der Waals surface area (Å²) >= 11 is 10.9. The lowest BCUT2D eigenvalue weighted by atomic mass is 9.96. The molecule has 0 saturated heterocycles. The lowest BCUT2D eigenvalue weighted by Crippen LogP contribution is -2.00. The van der Waals surface area contributed by atoms with Crippen molar-refractivity contribution in [3.8, 4) is 119 Å². The van der Waals surface area contributed by atoms with Gasteiger partial charge in [0, 0.05) is 134 Å². The van der Waals surface area contributed by atoms with Gasteiger partial charge in [-0.1, -0.05) is 157 Å². The van der Waals surface area contributed by atoms with E-state index in [1.54, 1.807) is 12.4 Å². The van der Waals surface area contributed by atoms with Crippen LogP contribution < -0.4 is 0 Å². The number of fused-ring (bicyclic) bond motifs is 9. The van der Waals surface area contributed by atoms with Gasteiger partial charge in [0.1, 0.15) is 16.9 Å². The Labute approximate surface area is 680 Å². The fourth-order valence-corrected chi connectivity index (χ4v) is 15.8. The molecule has 540 valence electrons. The van der Waals surface area contributed by atoms with Gasteiger partial charge in [0.25, 0.3) is 0 Å². The maximum Gasteiger partial charge on any atom is 0.164 e. The summed E-state index contributed by atoms with van der Waals surface area (Å²) in [7, 11) is 0. The van der Waals surface area contributed by atoms with Gasteiger partial charge in [-0.15, -0.1) is 0 Å². The van der Waals surface area contributed by atoms with E-state index in [1.165, 1.54) is 10.8 Å². The third kappa shape index (κ3) is 14.1. The van der Waals surface area contributed by atoms with Crippen LogP contribution in [0.1, 0.15) is 0 Å². The molecule has 0 aliphatic carbocycles. The highest BCUT2D eigenvalue weighted by molar-refractivity contribution is 9.11. The predicted octanol–water partition coefficient (Wildman–Crippen LogP) is 25.0. The molecular weight excluding hydrogens is 1600 g/mol. The van der Waals surface area contributed by atoms with Crippen LogP contribution in [-0.4, -0.2) is 68.5 Å². The van der Waals surface area contributed by atoms with E-state index in [2.05, 4.69) is 257 Å². The van der Waals surface area contributed by atoms with E-state index in [1.807, 2.05) is 183 Å². The van der Waals surface area contributed by atoms with Gasteiger partial charge in [-0.3, -0.25) is 33.6 Å². The van der Waals surface area contributed by atoms with Gasteiger partial charge < -0.3 is 0 Å². The number of hydrogen-bond acceptors (Lipinski definition) is 11. The molecule has 0 bridgehead atoms. The molecule has 12 aromatic heterocycles. The molecule has 14 nitrogen and oxygen atoms in total. The van der Waals surface area contributed by atoms with E-state index in [0.29, 0.717) is 17.5 Å². The van der Waals surface area contributed by atoms with Crippen LogP contribution in [0, 0.1) is 0 Å². The molecule has 0 radical (unpaired) electrons. The van der Waals surface area contributed by atoms with Gasteiger partial charge in [0.05, 0.1) is 50.7 Å².